The van der Waals surface area contributed by atoms with Crippen LogP contribution >= 0.6 is 0 Å². The fourth-order valence-corrected chi connectivity index (χ4v) is 1.45. The first kappa shape index (κ1) is 13.4. The zero-order chi connectivity index (χ0) is 12.8. The molecule has 6 heteroatoms. The Morgan fingerprint density at radius 3 is 2.59 bits per heavy atom. The molecule has 1 rings (SSSR count). The molecule has 0 aliphatic heterocycles. The molecule has 0 aromatic carbocycles. The highest BCUT2D eigenvalue weighted by Gasteiger charge is 2.10. The van der Waals surface area contributed by atoms with Gasteiger partial charge in [-0.2, -0.15) is 0 Å². The van der Waals surface area contributed by atoms with Crippen molar-refractivity contribution in [2.75, 3.05) is 11.9 Å². The fraction of sp³-hybridized carbons (Fsp3) is 0.545. The number of carboxylic acid groups (broad SMARTS) is 1. The van der Waals surface area contributed by atoms with E-state index in [9.17, 15) is 4.79 Å². The lowest BCUT2D eigenvalue weighted by Crippen LogP contribution is -2.30. The molecule has 1 heterocycles. The zero-order valence-electron chi connectivity index (χ0n) is 10.1. The fourth-order valence-electron chi connectivity index (χ4n) is 1.45. The molecule has 0 fully saturated rings. The highest BCUT2D eigenvalue weighted by atomic mass is 16.4. The van der Waals surface area contributed by atoms with Gasteiger partial charge in [0.15, 0.2) is 0 Å². The van der Waals surface area contributed by atoms with Gasteiger partial charge in [-0.3, -0.25) is 4.79 Å². The number of nitrogens with two attached hydrogens (primary N) is 1. The summed E-state index contributed by atoms with van der Waals surface area (Å²) in [5.41, 5.74) is 7.20. The lowest BCUT2D eigenvalue weighted by Gasteiger charge is -2.08. The molecule has 0 saturated heterocycles. The number of anilines is 1. The summed E-state index contributed by atoms with van der Waals surface area (Å²) in [6, 6.07) is 1.10. The van der Waals surface area contributed by atoms with Gasteiger partial charge in [-0.05, 0) is 32.8 Å². The second kappa shape index (κ2) is 6.15. The Hall–Kier alpha value is -1.69. The van der Waals surface area contributed by atoms with Gasteiger partial charge in [0.2, 0.25) is 5.95 Å². The van der Waals surface area contributed by atoms with Crippen molar-refractivity contribution >= 4 is 11.9 Å². The van der Waals surface area contributed by atoms with Crippen molar-refractivity contribution in [3.05, 3.63) is 17.5 Å². The monoisotopic (exact) mass is 238 g/mol. The molecule has 0 spiro atoms. The summed E-state index contributed by atoms with van der Waals surface area (Å²) < 4.78 is 0. The Kier molecular flexibility index (Phi) is 4.84. The van der Waals surface area contributed by atoms with E-state index >= 15 is 0 Å². The van der Waals surface area contributed by atoms with Gasteiger partial charge in [-0.1, -0.05) is 0 Å². The standard InChI is InChI=1S/C11H18N4O2/c1-7-6-8(2)15-11(14-7)13-5-3-4-9(12)10(16)17/h6,9H,3-5,12H2,1-2H3,(H,16,17)(H,13,14,15)/t9-/m0/s1. The number of aryl methyl sites for hydroxylation is 2. The highest BCUT2D eigenvalue weighted by molar-refractivity contribution is 5.72. The average Bonchev–Trinajstić information content (AvgIpc) is 2.22. The van der Waals surface area contributed by atoms with Crippen molar-refractivity contribution < 1.29 is 9.90 Å². The minimum absolute atomic E-state index is 0.438. The van der Waals surface area contributed by atoms with E-state index in [0.717, 1.165) is 11.4 Å². The Morgan fingerprint density at radius 2 is 2.06 bits per heavy atom. The summed E-state index contributed by atoms with van der Waals surface area (Å²) >= 11 is 0. The third-order valence-corrected chi connectivity index (χ3v) is 2.27. The van der Waals surface area contributed by atoms with E-state index < -0.39 is 12.0 Å². The van der Waals surface area contributed by atoms with E-state index in [-0.39, 0.29) is 0 Å². The smallest absolute Gasteiger partial charge is 0.320 e. The first-order valence-corrected chi connectivity index (χ1v) is 5.53. The topological polar surface area (TPSA) is 101 Å². The maximum Gasteiger partial charge on any atom is 0.320 e. The van der Waals surface area contributed by atoms with Crippen LogP contribution in [-0.4, -0.2) is 33.6 Å². The second-order valence-electron chi connectivity index (χ2n) is 3.99. The van der Waals surface area contributed by atoms with Crippen LogP contribution in [0.1, 0.15) is 24.2 Å². The van der Waals surface area contributed by atoms with Gasteiger partial charge in [0.25, 0.3) is 0 Å². The number of rotatable bonds is 6. The lowest BCUT2D eigenvalue weighted by atomic mass is 10.2. The van der Waals surface area contributed by atoms with Crippen LogP contribution in [0.4, 0.5) is 5.95 Å². The van der Waals surface area contributed by atoms with E-state index in [1.54, 1.807) is 0 Å². The summed E-state index contributed by atoms with van der Waals surface area (Å²) in [7, 11) is 0. The van der Waals surface area contributed by atoms with Crippen LogP contribution in [0, 0.1) is 13.8 Å². The Balaban J connectivity index is 2.33. The minimum atomic E-state index is -0.965. The Bertz CT molecular complexity index is 375. The number of nitrogens with one attached hydrogen (secondary N) is 1. The van der Waals surface area contributed by atoms with Crippen molar-refractivity contribution in [2.45, 2.75) is 32.7 Å². The summed E-state index contributed by atoms with van der Waals surface area (Å²) in [5, 5.41) is 11.7. The average molecular weight is 238 g/mol. The van der Waals surface area contributed by atoms with Gasteiger partial charge in [0, 0.05) is 17.9 Å². The molecule has 0 unspecified atom stereocenters. The summed E-state index contributed by atoms with van der Waals surface area (Å²) in [6.45, 7) is 4.42. The van der Waals surface area contributed by atoms with E-state index in [4.69, 9.17) is 10.8 Å². The third kappa shape index (κ3) is 4.78. The molecule has 17 heavy (non-hydrogen) atoms. The largest absolute Gasteiger partial charge is 0.480 e. The molecular weight excluding hydrogens is 220 g/mol. The van der Waals surface area contributed by atoms with Crippen molar-refractivity contribution in [1.29, 1.82) is 0 Å². The molecule has 0 amide bonds. The van der Waals surface area contributed by atoms with Gasteiger partial charge in [-0.15, -0.1) is 0 Å². The summed E-state index contributed by atoms with van der Waals surface area (Å²) in [5.74, 6) is -0.390. The number of aliphatic carboxylic acids is 1. The lowest BCUT2D eigenvalue weighted by molar-refractivity contribution is -0.138. The van der Waals surface area contributed by atoms with Gasteiger partial charge < -0.3 is 16.2 Å². The molecule has 1 atom stereocenters. The third-order valence-electron chi connectivity index (χ3n) is 2.27. The van der Waals surface area contributed by atoms with Gasteiger partial charge >= 0.3 is 5.97 Å². The minimum Gasteiger partial charge on any atom is -0.480 e. The molecule has 4 N–H and O–H groups in total. The molecule has 1 aromatic heterocycles. The number of carboxylic acids is 1. The van der Waals surface area contributed by atoms with Crippen molar-refractivity contribution in [2.24, 2.45) is 5.73 Å². The molecule has 0 aliphatic carbocycles. The highest BCUT2D eigenvalue weighted by Crippen LogP contribution is 2.04. The number of nitrogens with zero attached hydrogens (tertiary/aromatic N) is 2. The van der Waals surface area contributed by atoms with Crippen LogP contribution in [0.25, 0.3) is 0 Å². The number of carbonyl (C=O) groups is 1. The number of hydrogen-bond acceptors (Lipinski definition) is 5. The van der Waals surface area contributed by atoms with Crippen LogP contribution in [-0.2, 0) is 4.79 Å². The van der Waals surface area contributed by atoms with Gasteiger partial charge in [-0.25, -0.2) is 9.97 Å². The van der Waals surface area contributed by atoms with Crippen molar-refractivity contribution in [3.63, 3.8) is 0 Å². The van der Waals surface area contributed by atoms with E-state index in [2.05, 4.69) is 15.3 Å². The van der Waals surface area contributed by atoms with E-state index in [1.807, 2.05) is 19.9 Å². The van der Waals surface area contributed by atoms with Crippen LogP contribution in [0.5, 0.6) is 0 Å². The predicted octanol–water partition coefficient (Wildman–Crippen LogP) is 0.697. The quantitative estimate of drug-likeness (QED) is 0.630. The summed E-state index contributed by atoms with van der Waals surface area (Å²) in [4.78, 5) is 18.9. The molecule has 0 aliphatic rings. The molecule has 0 bridgehead atoms. The SMILES string of the molecule is Cc1cc(C)nc(NCCC[C@H](N)C(=O)O)n1. The molecular formula is C11H18N4O2. The number of aromatic nitrogens is 2. The van der Waals surface area contributed by atoms with E-state index in [0.29, 0.717) is 25.3 Å². The van der Waals surface area contributed by atoms with Gasteiger partial charge in [0.05, 0.1) is 0 Å². The normalized spacial score (nSPS) is 12.2. The second-order valence-corrected chi connectivity index (χ2v) is 3.99. The molecule has 1 aromatic rings. The Morgan fingerprint density at radius 1 is 1.47 bits per heavy atom. The Labute approximate surface area is 100 Å². The summed E-state index contributed by atoms with van der Waals surface area (Å²) in [6.07, 6.45) is 1.11. The predicted molar refractivity (Wildman–Crippen MR) is 64.8 cm³/mol. The number of hydrogen-bond donors (Lipinski definition) is 3. The maximum atomic E-state index is 10.5. The van der Waals surface area contributed by atoms with Crippen LogP contribution in [0.3, 0.4) is 0 Å². The first-order chi connectivity index (χ1) is 7.99. The molecule has 0 saturated carbocycles. The maximum absolute atomic E-state index is 10.5. The van der Waals surface area contributed by atoms with Crippen LogP contribution < -0.4 is 11.1 Å². The van der Waals surface area contributed by atoms with Crippen LogP contribution in [0.2, 0.25) is 0 Å². The molecule has 94 valence electrons. The first-order valence-electron chi connectivity index (χ1n) is 5.53. The molecule has 0 radical (unpaired) electrons. The zero-order valence-corrected chi connectivity index (χ0v) is 10.1. The van der Waals surface area contributed by atoms with E-state index in [1.165, 1.54) is 0 Å². The molecule has 6 nitrogen and oxygen atoms in total. The van der Waals surface area contributed by atoms with Crippen molar-refractivity contribution in [3.8, 4) is 0 Å². The van der Waals surface area contributed by atoms with Gasteiger partial charge in [0.1, 0.15) is 6.04 Å². The van der Waals surface area contributed by atoms with Crippen LogP contribution in [0.15, 0.2) is 6.07 Å². The van der Waals surface area contributed by atoms with Crippen molar-refractivity contribution in [1.82, 2.24) is 9.97 Å².